The smallest absolute Gasteiger partial charge is 0.0462 e. The van der Waals surface area contributed by atoms with Crippen LogP contribution in [0.1, 0.15) is 31.9 Å². The van der Waals surface area contributed by atoms with E-state index in [0.717, 1.165) is 17.1 Å². The van der Waals surface area contributed by atoms with E-state index in [1.165, 1.54) is 15.4 Å². The maximum absolute atomic E-state index is 6.40. The van der Waals surface area contributed by atoms with Gasteiger partial charge in [0.05, 0.1) is 0 Å². The molecule has 2 aromatic rings. The molecular formula is C18H22ClNS. The fourth-order valence-corrected chi connectivity index (χ4v) is 3.01. The first kappa shape index (κ1) is 16.4. The fraction of sp³-hybridized carbons (Fsp3) is 0.333. The second kappa shape index (κ2) is 6.87. The summed E-state index contributed by atoms with van der Waals surface area (Å²) >= 11 is 8.13. The highest BCUT2D eigenvalue weighted by Crippen LogP contribution is 2.31. The molecule has 0 unspecified atom stereocenters. The summed E-state index contributed by atoms with van der Waals surface area (Å²) in [6.07, 6.45) is 0. The molecule has 21 heavy (non-hydrogen) atoms. The van der Waals surface area contributed by atoms with Gasteiger partial charge < -0.3 is 5.32 Å². The number of halogens is 1. The van der Waals surface area contributed by atoms with Crippen LogP contribution < -0.4 is 5.32 Å². The van der Waals surface area contributed by atoms with Crippen molar-refractivity contribution in [2.24, 2.45) is 0 Å². The normalized spacial score (nSPS) is 11.7. The summed E-state index contributed by atoms with van der Waals surface area (Å²) in [5, 5.41) is 4.29. The maximum atomic E-state index is 6.40. The Morgan fingerprint density at radius 3 is 2.19 bits per heavy atom. The third-order valence-corrected chi connectivity index (χ3v) is 4.44. The van der Waals surface area contributed by atoms with Gasteiger partial charge in [-0.15, -0.1) is 0 Å². The number of nitrogens with one attached hydrogen (secondary N) is 1. The molecule has 0 radical (unpaired) electrons. The molecule has 2 aromatic carbocycles. The highest BCUT2D eigenvalue weighted by Gasteiger charge is 2.10. The van der Waals surface area contributed by atoms with Crippen LogP contribution in [0.25, 0.3) is 0 Å². The third kappa shape index (κ3) is 5.39. The van der Waals surface area contributed by atoms with Crippen LogP contribution in [0.2, 0.25) is 5.02 Å². The zero-order valence-electron chi connectivity index (χ0n) is 13.0. The van der Waals surface area contributed by atoms with Gasteiger partial charge in [-0.25, -0.2) is 0 Å². The Hall–Kier alpha value is -0.960. The van der Waals surface area contributed by atoms with Crippen LogP contribution in [-0.2, 0) is 6.54 Å². The van der Waals surface area contributed by atoms with Crippen molar-refractivity contribution in [1.82, 2.24) is 5.32 Å². The second-order valence-corrected chi connectivity index (χ2v) is 7.83. The second-order valence-electron chi connectivity index (χ2n) is 6.27. The van der Waals surface area contributed by atoms with Gasteiger partial charge in [-0.05, 0) is 57.5 Å². The average molecular weight is 320 g/mol. The first-order valence-electron chi connectivity index (χ1n) is 7.11. The molecule has 0 fully saturated rings. The molecule has 3 heteroatoms. The predicted molar refractivity (Wildman–Crippen MR) is 93.3 cm³/mol. The molecule has 0 heterocycles. The third-order valence-electron chi connectivity index (χ3n) is 3.09. The Bertz CT molecular complexity index is 600. The summed E-state index contributed by atoms with van der Waals surface area (Å²) in [6.45, 7) is 9.35. The number of hydrogen-bond donors (Lipinski definition) is 1. The van der Waals surface area contributed by atoms with E-state index in [9.17, 15) is 0 Å². The van der Waals surface area contributed by atoms with E-state index < -0.39 is 0 Å². The monoisotopic (exact) mass is 319 g/mol. The molecule has 0 aromatic heterocycles. The lowest BCUT2D eigenvalue weighted by Crippen LogP contribution is -2.35. The van der Waals surface area contributed by atoms with Crippen molar-refractivity contribution in [3.05, 3.63) is 58.6 Å². The summed E-state index contributed by atoms with van der Waals surface area (Å²) in [5.74, 6) is 0. The quantitative estimate of drug-likeness (QED) is 0.777. The number of aryl methyl sites for hydroxylation is 1. The van der Waals surface area contributed by atoms with Gasteiger partial charge >= 0.3 is 0 Å². The molecule has 0 aliphatic rings. The van der Waals surface area contributed by atoms with Crippen molar-refractivity contribution in [3.63, 3.8) is 0 Å². The fourth-order valence-electron chi connectivity index (χ4n) is 1.84. The Morgan fingerprint density at radius 1 is 1.00 bits per heavy atom. The molecule has 0 bridgehead atoms. The van der Waals surface area contributed by atoms with Gasteiger partial charge in [0, 0.05) is 26.9 Å². The van der Waals surface area contributed by atoms with Crippen LogP contribution in [0.3, 0.4) is 0 Å². The van der Waals surface area contributed by atoms with Gasteiger partial charge in [-0.1, -0.05) is 47.1 Å². The van der Waals surface area contributed by atoms with Crippen molar-refractivity contribution in [2.75, 3.05) is 0 Å². The Kier molecular flexibility index (Phi) is 5.37. The molecule has 0 aliphatic carbocycles. The van der Waals surface area contributed by atoms with Crippen LogP contribution in [0.4, 0.5) is 0 Å². The molecule has 0 spiro atoms. The van der Waals surface area contributed by atoms with Gasteiger partial charge in [-0.3, -0.25) is 0 Å². The lowest BCUT2D eigenvalue weighted by atomic mass is 10.1. The van der Waals surface area contributed by atoms with Crippen molar-refractivity contribution in [1.29, 1.82) is 0 Å². The maximum Gasteiger partial charge on any atom is 0.0462 e. The molecule has 0 atom stereocenters. The summed E-state index contributed by atoms with van der Waals surface area (Å²) in [5.41, 5.74) is 2.51. The van der Waals surface area contributed by atoms with E-state index in [4.69, 9.17) is 11.6 Å². The molecule has 0 amide bonds. The number of hydrogen-bond acceptors (Lipinski definition) is 2. The zero-order valence-corrected chi connectivity index (χ0v) is 14.6. The minimum absolute atomic E-state index is 0.0959. The first-order valence-corrected chi connectivity index (χ1v) is 8.31. The molecule has 112 valence electrons. The highest BCUT2D eigenvalue weighted by atomic mass is 35.5. The highest BCUT2D eigenvalue weighted by molar-refractivity contribution is 7.99. The van der Waals surface area contributed by atoms with E-state index in [1.54, 1.807) is 11.8 Å². The lowest BCUT2D eigenvalue weighted by molar-refractivity contribution is 0.424. The van der Waals surface area contributed by atoms with Crippen LogP contribution in [0.15, 0.2) is 52.3 Å². The van der Waals surface area contributed by atoms with E-state index >= 15 is 0 Å². The number of benzene rings is 2. The average Bonchev–Trinajstić information content (AvgIpc) is 2.39. The molecule has 0 aliphatic heterocycles. The van der Waals surface area contributed by atoms with Crippen molar-refractivity contribution >= 4 is 23.4 Å². The van der Waals surface area contributed by atoms with Crippen LogP contribution in [-0.4, -0.2) is 5.54 Å². The predicted octanol–water partition coefficient (Wildman–Crippen LogP) is 5.69. The molecule has 2 rings (SSSR count). The minimum Gasteiger partial charge on any atom is -0.308 e. The van der Waals surface area contributed by atoms with Gasteiger partial charge in [0.2, 0.25) is 0 Å². The van der Waals surface area contributed by atoms with Gasteiger partial charge in [0.15, 0.2) is 0 Å². The Labute approximate surface area is 137 Å². The van der Waals surface area contributed by atoms with Crippen LogP contribution in [0, 0.1) is 6.92 Å². The first-order chi connectivity index (χ1) is 9.83. The molecule has 1 N–H and O–H groups in total. The summed E-state index contributed by atoms with van der Waals surface area (Å²) in [6, 6.07) is 14.8. The van der Waals surface area contributed by atoms with Crippen molar-refractivity contribution in [3.8, 4) is 0 Å². The molecule has 0 saturated heterocycles. The summed E-state index contributed by atoms with van der Waals surface area (Å²) in [7, 11) is 0. The van der Waals surface area contributed by atoms with Crippen LogP contribution in [0.5, 0.6) is 0 Å². The molecule has 0 saturated carbocycles. The van der Waals surface area contributed by atoms with Crippen molar-refractivity contribution in [2.45, 2.75) is 49.6 Å². The van der Waals surface area contributed by atoms with Gasteiger partial charge in [-0.2, -0.15) is 0 Å². The summed E-state index contributed by atoms with van der Waals surface area (Å²) in [4.78, 5) is 2.40. The Balaban J connectivity index is 2.06. The summed E-state index contributed by atoms with van der Waals surface area (Å²) < 4.78 is 0. The molecular weight excluding hydrogens is 298 g/mol. The standard InChI is InChI=1S/C18H22ClNS/c1-13-5-8-15(9-6-13)21-16-10-7-14(17(19)11-16)12-20-18(2,3)4/h5-11,20H,12H2,1-4H3. The topological polar surface area (TPSA) is 12.0 Å². The van der Waals surface area contributed by atoms with E-state index in [1.807, 2.05) is 6.07 Å². The SMILES string of the molecule is Cc1ccc(Sc2ccc(CNC(C)(C)C)c(Cl)c2)cc1. The van der Waals surface area contributed by atoms with E-state index in [-0.39, 0.29) is 5.54 Å². The van der Waals surface area contributed by atoms with Crippen LogP contribution >= 0.6 is 23.4 Å². The number of rotatable bonds is 4. The van der Waals surface area contributed by atoms with Gasteiger partial charge in [0.1, 0.15) is 0 Å². The van der Waals surface area contributed by atoms with E-state index in [2.05, 4.69) is 69.4 Å². The van der Waals surface area contributed by atoms with Gasteiger partial charge in [0.25, 0.3) is 0 Å². The van der Waals surface area contributed by atoms with E-state index in [0.29, 0.717) is 0 Å². The largest absolute Gasteiger partial charge is 0.308 e. The van der Waals surface area contributed by atoms with Crippen molar-refractivity contribution < 1.29 is 0 Å². The molecule has 1 nitrogen and oxygen atoms in total. The zero-order chi connectivity index (χ0) is 15.5. The Morgan fingerprint density at radius 2 is 1.62 bits per heavy atom. The lowest BCUT2D eigenvalue weighted by Gasteiger charge is -2.21. The minimum atomic E-state index is 0.0959.